The number of thioether (sulfide) groups is 1. The van der Waals surface area contributed by atoms with Gasteiger partial charge in [-0.05, 0) is 79.2 Å². The second-order valence-electron chi connectivity index (χ2n) is 7.78. The van der Waals surface area contributed by atoms with Gasteiger partial charge in [0.2, 0.25) is 0 Å². The van der Waals surface area contributed by atoms with Crippen molar-refractivity contribution in [3.05, 3.63) is 87.2 Å². The third-order valence-corrected chi connectivity index (χ3v) is 7.08. The lowest BCUT2D eigenvalue weighted by molar-refractivity contribution is -0.122. The van der Waals surface area contributed by atoms with Crippen LogP contribution in [0, 0.1) is 0 Å². The fraction of sp³-hybridized carbons (Fsp3) is 0.214. The van der Waals surface area contributed by atoms with Crippen LogP contribution in [-0.4, -0.2) is 36.2 Å². The molecule has 1 aliphatic rings. The van der Waals surface area contributed by atoms with Gasteiger partial charge in [-0.15, -0.1) is 0 Å². The van der Waals surface area contributed by atoms with E-state index in [9.17, 15) is 4.79 Å². The highest BCUT2D eigenvalue weighted by Crippen LogP contribution is 2.39. The Morgan fingerprint density at radius 2 is 1.72 bits per heavy atom. The number of halogens is 1. The molecule has 4 rings (SSSR count). The first kappa shape index (κ1) is 25.9. The van der Waals surface area contributed by atoms with Crippen LogP contribution in [0.4, 0.5) is 5.69 Å². The summed E-state index contributed by atoms with van der Waals surface area (Å²) >= 11 is 5.00. The SMILES string of the molecule is CCOc1cc(/C=C2/SC(=Nc3ccc(OC)cc3)N(CC)C2=O)c(Br)cc1OCc1ccccc1. The monoisotopic (exact) mass is 566 g/mol. The highest BCUT2D eigenvalue weighted by Gasteiger charge is 2.32. The second kappa shape index (κ2) is 12.1. The molecule has 0 radical (unpaired) electrons. The standard InChI is InChI=1S/C28H27BrN2O4S/c1-4-31-27(32)26(36-28(31)30-21-11-13-22(33-3)14-12-21)16-20-15-24(34-5-2)25(17-23(20)29)35-18-19-9-7-6-8-10-19/h6-17H,4-5,18H2,1-3H3/b26-16+,30-28?. The first-order valence-corrected chi connectivity index (χ1v) is 13.2. The van der Waals surface area contributed by atoms with Gasteiger partial charge in [-0.3, -0.25) is 9.69 Å². The fourth-order valence-electron chi connectivity index (χ4n) is 3.56. The summed E-state index contributed by atoms with van der Waals surface area (Å²) in [4.78, 5) is 20.1. The molecule has 186 valence electrons. The van der Waals surface area contributed by atoms with Crippen LogP contribution in [0.3, 0.4) is 0 Å². The van der Waals surface area contributed by atoms with E-state index in [1.165, 1.54) is 11.8 Å². The van der Waals surface area contributed by atoms with E-state index in [-0.39, 0.29) is 5.91 Å². The van der Waals surface area contributed by atoms with Crippen LogP contribution in [0.1, 0.15) is 25.0 Å². The summed E-state index contributed by atoms with van der Waals surface area (Å²) in [5, 5.41) is 0.642. The molecule has 6 nitrogen and oxygen atoms in total. The van der Waals surface area contributed by atoms with E-state index in [1.807, 2.05) is 86.7 Å². The van der Waals surface area contributed by atoms with Gasteiger partial charge >= 0.3 is 0 Å². The van der Waals surface area contributed by atoms with Gasteiger partial charge in [-0.25, -0.2) is 4.99 Å². The van der Waals surface area contributed by atoms with E-state index >= 15 is 0 Å². The summed E-state index contributed by atoms with van der Waals surface area (Å²) < 4.78 is 17.9. The van der Waals surface area contributed by atoms with E-state index in [0.29, 0.717) is 41.3 Å². The molecule has 3 aromatic carbocycles. The Morgan fingerprint density at radius 3 is 2.39 bits per heavy atom. The lowest BCUT2D eigenvalue weighted by Crippen LogP contribution is -2.28. The van der Waals surface area contributed by atoms with Crippen molar-refractivity contribution in [3.8, 4) is 17.2 Å². The van der Waals surface area contributed by atoms with Crippen LogP contribution in [0.25, 0.3) is 6.08 Å². The second-order valence-corrected chi connectivity index (χ2v) is 9.64. The summed E-state index contributed by atoms with van der Waals surface area (Å²) in [7, 11) is 1.62. The maximum atomic E-state index is 13.2. The number of carbonyl (C=O) groups excluding carboxylic acids is 1. The highest BCUT2D eigenvalue weighted by atomic mass is 79.9. The van der Waals surface area contributed by atoms with E-state index in [2.05, 4.69) is 15.9 Å². The third-order valence-electron chi connectivity index (χ3n) is 5.39. The van der Waals surface area contributed by atoms with Crippen LogP contribution in [-0.2, 0) is 11.4 Å². The van der Waals surface area contributed by atoms with Crippen molar-refractivity contribution in [1.29, 1.82) is 0 Å². The number of carbonyl (C=O) groups is 1. The van der Waals surface area contributed by atoms with Crippen molar-refractivity contribution in [1.82, 2.24) is 4.90 Å². The number of likely N-dealkylation sites (N-methyl/N-ethyl adjacent to an activating group) is 1. The first-order valence-electron chi connectivity index (χ1n) is 11.6. The van der Waals surface area contributed by atoms with Crippen LogP contribution in [0.2, 0.25) is 0 Å². The molecule has 0 saturated carbocycles. The predicted octanol–water partition coefficient (Wildman–Crippen LogP) is 7.06. The molecule has 1 amide bonds. The zero-order chi connectivity index (χ0) is 25.5. The lowest BCUT2D eigenvalue weighted by atomic mass is 10.1. The number of ether oxygens (including phenoxy) is 3. The molecule has 0 unspecified atom stereocenters. The first-order chi connectivity index (χ1) is 17.5. The summed E-state index contributed by atoms with van der Waals surface area (Å²) in [6.45, 7) is 5.31. The summed E-state index contributed by atoms with van der Waals surface area (Å²) in [6, 6.07) is 21.2. The molecule has 0 aromatic heterocycles. The van der Waals surface area contributed by atoms with Crippen molar-refractivity contribution in [3.63, 3.8) is 0 Å². The minimum absolute atomic E-state index is 0.0796. The molecule has 0 aliphatic carbocycles. The lowest BCUT2D eigenvalue weighted by Gasteiger charge is -2.14. The number of methoxy groups -OCH3 is 1. The number of amidine groups is 1. The van der Waals surface area contributed by atoms with Gasteiger partial charge in [0.15, 0.2) is 16.7 Å². The normalized spacial score (nSPS) is 15.6. The van der Waals surface area contributed by atoms with Gasteiger partial charge in [0.1, 0.15) is 12.4 Å². The average molecular weight is 568 g/mol. The van der Waals surface area contributed by atoms with Crippen LogP contribution >= 0.6 is 27.7 Å². The van der Waals surface area contributed by atoms with Crippen molar-refractivity contribution in [2.24, 2.45) is 4.99 Å². The van der Waals surface area contributed by atoms with Gasteiger partial charge in [0.05, 0.1) is 24.3 Å². The van der Waals surface area contributed by atoms with Crippen molar-refractivity contribution >= 4 is 50.5 Å². The van der Waals surface area contributed by atoms with Gasteiger partial charge in [-0.1, -0.05) is 46.3 Å². The number of hydrogen-bond acceptors (Lipinski definition) is 6. The Hall–Kier alpha value is -3.23. The highest BCUT2D eigenvalue weighted by molar-refractivity contribution is 9.10. The van der Waals surface area contributed by atoms with Crippen molar-refractivity contribution in [2.45, 2.75) is 20.5 Å². The Balaban J connectivity index is 1.60. The largest absolute Gasteiger partial charge is 0.497 e. The molecule has 1 aliphatic heterocycles. The molecule has 0 N–H and O–H groups in total. The van der Waals surface area contributed by atoms with E-state index in [4.69, 9.17) is 19.2 Å². The van der Waals surface area contributed by atoms with Gasteiger partial charge in [0, 0.05) is 11.0 Å². The molecular weight excluding hydrogens is 540 g/mol. The number of aliphatic imine (C=N–C) groups is 1. The quantitative estimate of drug-likeness (QED) is 0.259. The number of hydrogen-bond donors (Lipinski definition) is 0. The molecule has 1 heterocycles. The Morgan fingerprint density at radius 1 is 1.00 bits per heavy atom. The van der Waals surface area contributed by atoms with E-state index in [1.54, 1.807) is 12.0 Å². The molecule has 3 aromatic rings. The van der Waals surface area contributed by atoms with Gasteiger partial charge in [-0.2, -0.15) is 0 Å². The molecule has 1 saturated heterocycles. The number of amides is 1. The summed E-state index contributed by atoms with van der Waals surface area (Å²) in [6.07, 6.45) is 1.86. The Kier molecular flexibility index (Phi) is 8.72. The molecule has 1 fully saturated rings. The molecule has 0 spiro atoms. The van der Waals surface area contributed by atoms with Gasteiger partial charge in [0.25, 0.3) is 5.91 Å². The molecule has 8 heteroatoms. The van der Waals surface area contributed by atoms with Crippen LogP contribution in [0.5, 0.6) is 17.2 Å². The maximum Gasteiger partial charge on any atom is 0.266 e. The topological polar surface area (TPSA) is 60.4 Å². The van der Waals surface area contributed by atoms with E-state index in [0.717, 1.165) is 27.0 Å². The maximum absolute atomic E-state index is 13.2. The molecule has 0 atom stereocenters. The molecular formula is C28H27BrN2O4S. The zero-order valence-corrected chi connectivity index (χ0v) is 22.8. The Bertz CT molecular complexity index is 1280. The summed E-state index contributed by atoms with van der Waals surface area (Å²) in [5.41, 5.74) is 2.65. The number of nitrogens with zero attached hydrogens (tertiary/aromatic N) is 2. The average Bonchev–Trinajstić information content (AvgIpc) is 3.19. The predicted molar refractivity (Wildman–Crippen MR) is 149 cm³/mol. The third kappa shape index (κ3) is 6.12. The number of rotatable bonds is 9. The van der Waals surface area contributed by atoms with E-state index < -0.39 is 0 Å². The van der Waals surface area contributed by atoms with Crippen molar-refractivity contribution < 1.29 is 19.0 Å². The summed E-state index contributed by atoms with van der Waals surface area (Å²) in [5.74, 6) is 1.94. The minimum Gasteiger partial charge on any atom is -0.497 e. The smallest absolute Gasteiger partial charge is 0.266 e. The molecule has 36 heavy (non-hydrogen) atoms. The number of benzene rings is 3. The fourth-order valence-corrected chi connectivity index (χ4v) is 5.05. The zero-order valence-electron chi connectivity index (χ0n) is 20.4. The van der Waals surface area contributed by atoms with Crippen molar-refractivity contribution in [2.75, 3.05) is 20.3 Å². The van der Waals surface area contributed by atoms with Crippen LogP contribution in [0.15, 0.2) is 81.1 Å². The molecule has 0 bridgehead atoms. The van der Waals surface area contributed by atoms with Crippen LogP contribution < -0.4 is 14.2 Å². The minimum atomic E-state index is -0.0796. The van der Waals surface area contributed by atoms with Gasteiger partial charge < -0.3 is 14.2 Å². The Labute approximate surface area is 224 Å².